The fraction of sp³-hybridized carbons (Fsp3) is 0.412. The SMILES string of the molecule is Cc1cn([C@H]2C[C@H](OP(=O)(O)OC[C@H]3O[C@@H](n4cnc5c(=O)[nH]c(N)nc54)C[C@@H]3OP(=O)(O)OC[C@H]3O[C@@H](n4cnc5c(=O)[nH]c(N)nc54)C[C@@H]3OP(=O)(O)OC[C@H]3O[C@@H](n4cnc5c(=O)[nH]c(N)nc54)C[C@@H]3OP(=O)(O)OC[C@H]3OC(n4cnc5c(N)ncnc54)C[C@@H]3OP(=O)(O)OC[C@H]3O[C@@H](n4cnc5c(=O)[nH]c(N)nc54)C[C@@H]3OP(C)(O)=S)[C@@H](COC(c3ccccc3)(c3ccccc3)c3ccccc3)O2)c(=O)[nH]c1=O. The maximum Gasteiger partial charge on any atom is 0.472 e. The maximum atomic E-state index is 14.9. The van der Waals surface area contributed by atoms with E-state index in [-0.39, 0.29) is 91.9 Å². The first-order valence-electron chi connectivity index (χ1n) is 45.1. The van der Waals surface area contributed by atoms with Gasteiger partial charge in [0.25, 0.3) is 27.8 Å². The fourth-order valence-corrected chi connectivity index (χ4v) is 24.2. The van der Waals surface area contributed by atoms with Gasteiger partial charge in [-0.2, -0.15) is 19.9 Å². The van der Waals surface area contributed by atoms with Crippen LogP contribution in [0.3, 0.4) is 0 Å². The van der Waals surface area contributed by atoms with E-state index in [4.69, 9.17) is 123 Å². The highest BCUT2D eigenvalue weighted by molar-refractivity contribution is 8.09. The second-order valence-electron chi connectivity index (χ2n) is 34.9. The van der Waals surface area contributed by atoms with Crippen molar-refractivity contribution in [1.29, 1.82) is 0 Å². The molecule has 6 fully saturated rings. The van der Waals surface area contributed by atoms with Gasteiger partial charge in [0.15, 0.2) is 62.6 Å². The summed E-state index contributed by atoms with van der Waals surface area (Å²) in [7, 11) is -28.0. The molecule has 7 unspecified atom stereocenters. The number of phosphoric ester groups is 5. The molecule has 3 aromatic carbocycles. The summed E-state index contributed by atoms with van der Waals surface area (Å²) in [5.41, 5.74) is 24.4. The van der Waals surface area contributed by atoms with Gasteiger partial charge in [-0.15, -0.1) is 0 Å². The highest BCUT2D eigenvalue weighted by atomic mass is 32.5. The number of aromatic amines is 5. The maximum absolute atomic E-state index is 14.9. The number of hydrogen-bond donors (Lipinski definition) is 16. The second-order valence-corrected chi connectivity index (χ2v) is 45.8. The molecular formula is C80H91N27O35P6S. The van der Waals surface area contributed by atoms with Gasteiger partial charge in [-0.25, -0.2) is 62.5 Å². The summed E-state index contributed by atoms with van der Waals surface area (Å²) in [4.78, 5) is 206. The zero-order chi connectivity index (χ0) is 105. The van der Waals surface area contributed by atoms with Crippen molar-refractivity contribution in [3.63, 3.8) is 0 Å². The highest BCUT2D eigenvalue weighted by Crippen LogP contribution is 2.58. The summed E-state index contributed by atoms with van der Waals surface area (Å²) in [6, 6.07) is 27.4. The van der Waals surface area contributed by atoms with E-state index in [1.807, 2.05) is 91.0 Å². The van der Waals surface area contributed by atoms with Gasteiger partial charge in [0, 0.05) is 57.0 Å². The molecular weight excluding hydrogens is 2120 g/mol. The molecule has 6 saturated heterocycles. The first-order valence-corrected chi connectivity index (χ1v) is 55.7. The second kappa shape index (κ2) is 41.4. The largest absolute Gasteiger partial charge is 0.472 e. The number of nitrogens with zero attached hydrogens (tertiary/aromatic N) is 17. The number of aryl methyl sites for hydroxylation is 1. The number of nitrogen functional groups attached to an aromatic ring is 5. The molecule has 69 heteroatoms. The summed E-state index contributed by atoms with van der Waals surface area (Å²) >= 11 is 5.20. The molecule has 792 valence electrons. The minimum Gasteiger partial charge on any atom is -0.382 e. The van der Waals surface area contributed by atoms with Crippen LogP contribution < -0.4 is 62.2 Å². The number of benzene rings is 3. The normalized spacial score (nSPS) is 26.8. The van der Waals surface area contributed by atoms with Crippen LogP contribution in [0.2, 0.25) is 0 Å². The summed E-state index contributed by atoms with van der Waals surface area (Å²) in [5.74, 6) is -1.51. The average Bonchev–Trinajstić information content (AvgIpc) is 1.75. The van der Waals surface area contributed by atoms with Gasteiger partial charge in [0.05, 0.1) is 77.4 Å². The van der Waals surface area contributed by atoms with Crippen LogP contribution in [0.25, 0.3) is 55.8 Å². The lowest BCUT2D eigenvalue weighted by molar-refractivity contribution is -0.0952. The van der Waals surface area contributed by atoms with E-state index >= 15 is 0 Å². The molecule has 17 heterocycles. The third kappa shape index (κ3) is 22.3. The average molecular weight is 2210 g/mol. The molecule has 21 N–H and O–H groups in total. The number of nitrogens with two attached hydrogens (primary N) is 5. The molecule has 14 aromatic rings. The third-order valence-electron chi connectivity index (χ3n) is 25.0. The number of hydrogen-bond acceptors (Lipinski definition) is 46. The van der Waals surface area contributed by atoms with Crippen LogP contribution in [0.15, 0.2) is 164 Å². The summed E-state index contributed by atoms with van der Waals surface area (Å²) in [5, 5.41) is 0. The quantitative estimate of drug-likeness (QED) is 0.0194. The van der Waals surface area contributed by atoms with E-state index in [0.717, 1.165) is 39.0 Å². The first kappa shape index (κ1) is 104. The Bertz CT molecular complexity index is 8030. The number of aromatic nitrogens is 22. The molecule has 0 spiro atoms. The smallest absolute Gasteiger partial charge is 0.382 e. The van der Waals surface area contributed by atoms with E-state index in [9.17, 15) is 81.0 Å². The molecule has 0 aliphatic carbocycles. The minimum absolute atomic E-state index is 0.0159. The molecule has 0 bridgehead atoms. The van der Waals surface area contributed by atoms with Gasteiger partial charge in [-0.05, 0) is 35.4 Å². The number of nitrogens with one attached hydrogen (secondary N) is 5. The van der Waals surface area contributed by atoms with Crippen molar-refractivity contribution in [2.45, 2.75) is 162 Å². The van der Waals surface area contributed by atoms with Gasteiger partial charge >= 0.3 is 44.8 Å². The van der Waals surface area contributed by atoms with Crippen LogP contribution in [0.4, 0.5) is 29.6 Å². The number of fused-ring (bicyclic) bond motifs is 5. The van der Waals surface area contributed by atoms with E-state index in [2.05, 4.69) is 79.7 Å². The Morgan fingerprint density at radius 3 is 0.906 bits per heavy atom. The molecule has 24 atom stereocenters. The monoisotopic (exact) mass is 2210 g/mol. The lowest BCUT2D eigenvalue weighted by Gasteiger charge is -2.37. The molecule has 0 amide bonds. The Kier molecular flexibility index (Phi) is 28.9. The Hall–Kier alpha value is -11.9. The number of phosphoric acid groups is 5. The van der Waals surface area contributed by atoms with Crippen LogP contribution >= 0.6 is 45.6 Å². The zero-order valence-electron chi connectivity index (χ0n) is 77.2. The molecule has 62 nitrogen and oxygen atoms in total. The van der Waals surface area contributed by atoms with Crippen molar-refractivity contribution in [2.75, 3.05) is 75.0 Å². The topological polar surface area (TPSA) is 856 Å². The lowest BCUT2D eigenvalue weighted by atomic mass is 9.80. The van der Waals surface area contributed by atoms with Crippen molar-refractivity contribution >= 4 is 143 Å². The van der Waals surface area contributed by atoms with Gasteiger partial charge in [0.1, 0.15) is 122 Å². The van der Waals surface area contributed by atoms with Crippen LogP contribution in [0.1, 0.15) is 98.1 Å². The number of imidazole rings is 5. The molecule has 6 aliphatic heterocycles. The van der Waals surface area contributed by atoms with Crippen molar-refractivity contribution in [3.8, 4) is 0 Å². The minimum atomic E-state index is -5.73. The van der Waals surface area contributed by atoms with Gasteiger partial charge in [-0.3, -0.25) is 122 Å². The van der Waals surface area contributed by atoms with Crippen molar-refractivity contribution in [3.05, 3.63) is 220 Å². The lowest BCUT2D eigenvalue weighted by Crippen LogP contribution is -2.38. The number of anilines is 5. The molecule has 0 radical (unpaired) electrons. The standard InChI is InChI=1S/C80H91N27O35P6S/c1-37-24-102(79(113)101-70(37)108)53-19-42(47(131-53)25-125-80(38-12-6-3-7-13-38,39-14-8-4-9-15-39)40-16-10-5-11-17-40)138-144(115,116)127-28-50-44(21-56(134-50)105-34-90-61-67(105)94-76(83)98-72(61)110)141-147(121,122)129-30-52-46(23-58(136-52)107-36-92-63-69(107)96-78(85)100-74(63)112)142-148(123,124)130-29-51-45(22-57(135-51)106-35-91-62-68(106)95-77(84)99-73(62)111)140-146(119,120)128-27-49-43(20-54(133-49)103-32-88-59-64(81)86-31-87-65(59)103)139-145(117,118)126-26-48-41(137-143(2,114)149)18-55(132-48)104-33-89-60-66(104)93-75(82)97-71(60)109/h3-17,24,31-36,41-58H,18-23,25-30H2,1-2H3,(H,114,149)(H,115,116)(H,117,118)(H,119,120)(H,121,122)(H,123,124)(H2,81,86,87)(H,101,108,113)(H3,82,93,97,109)(H3,83,94,98,110)(H3,84,95,99,111)(H3,85,96,100,112)/t41-,42-,43-,44-,45-,46-,47+,48+,49+,50+,51+,52+,53+,54?,55+,56+,57+,58+,143?/m0/s1. The first-order chi connectivity index (χ1) is 70.9. The van der Waals surface area contributed by atoms with Crippen LogP contribution in [0, 0.1) is 6.92 Å². The Balaban J connectivity index is 0.543. The number of H-pyrrole nitrogens is 5. The van der Waals surface area contributed by atoms with E-state index in [0.29, 0.717) is 16.7 Å². The van der Waals surface area contributed by atoms with Crippen molar-refractivity contribution in [2.24, 2.45) is 0 Å². The molecule has 20 rings (SSSR count). The summed E-state index contributed by atoms with van der Waals surface area (Å²) in [6.45, 7) is -6.49. The summed E-state index contributed by atoms with van der Waals surface area (Å²) in [6.07, 6.45) is -21.8. The van der Waals surface area contributed by atoms with Gasteiger partial charge in [0.2, 0.25) is 23.8 Å². The highest BCUT2D eigenvalue weighted by Gasteiger charge is 2.54. The Morgan fingerprint density at radius 2 is 0.617 bits per heavy atom. The van der Waals surface area contributed by atoms with E-state index < -0.39 is 273 Å². The van der Waals surface area contributed by atoms with Crippen molar-refractivity contribution < 1.29 is 135 Å². The molecule has 0 saturated carbocycles. The van der Waals surface area contributed by atoms with Gasteiger partial charge < -0.3 is 95.7 Å². The van der Waals surface area contributed by atoms with Crippen LogP contribution in [0.5, 0.6) is 0 Å². The molecule has 11 aromatic heterocycles. The van der Waals surface area contributed by atoms with Crippen LogP contribution in [-0.4, -0.2) is 256 Å². The van der Waals surface area contributed by atoms with E-state index in [1.54, 1.807) is 0 Å². The predicted octanol–water partition coefficient (Wildman–Crippen LogP) is 2.69. The predicted molar refractivity (Wildman–Crippen MR) is 513 cm³/mol. The number of rotatable bonds is 39. The zero-order valence-corrected chi connectivity index (χ0v) is 83.4. The summed E-state index contributed by atoms with van der Waals surface area (Å²) < 4.78 is 189. The molecule has 6 aliphatic rings. The van der Waals surface area contributed by atoms with Gasteiger partial charge in [-0.1, -0.05) is 91.0 Å². The van der Waals surface area contributed by atoms with Crippen molar-refractivity contribution in [1.82, 2.24) is 107 Å². The Labute approximate surface area is 837 Å². The molecule has 149 heavy (non-hydrogen) atoms. The third-order valence-corrected chi connectivity index (χ3v) is 31.0. The number of ether oxygens (including phenoxy) is 7. The van der Waals surface area contributed by atoms with Crippen LogP contribution in [-0.2, 0) is 123 Å². The van der Waals surface area contributed by atoms with E-state index in [1.165, 1.54) is 46.1 Å². The fourth-order valence-electron chi connectivity index (χ4n) is 18.4. The Morgan fingerprint density at radius 1 is 0.356 bits per heavy atom.